The molecule has 0 atom stereocenters. The normalized spacial score (nSPS) is 24.9. The predicted molar refractivity (Wildman–Crippen MR) is 92.9 cm³/mol. The Bertz CT molecular complexity index is 646. The summed E-state index contributed by atoms with van der Waals surface area (Å²) in [5.41, 5.74) is 0. The van der Waals surface area contributed by atoms with Crippen LogP contribution in [-0.2, 0) is 14.8 Å². The number of nitrogens with zero attached hydrogens (tertiary/aromatic N) is 1. The van der Waals surface area contributed by atoms with E-state index in [9.17, 15) is 13.2 Å². The molecule has 3 rings (SSSR count). The van der Waals surface area contributed by atoms with Crippen molar-refractivity contribution in [2.75, 3.05) is 19.6 Å². The summed E-state index contributed by atoms with van der Waals surface area (Å²) in [7, 11) is -3.43. The summed E-state index contributed by atoms with van der Waals surface area (Å²) in [6, 6.07) is 8.47. The van der Waals surface area contributed by atoms with Gasteiger partial charge in [0.15, 0.2) is 0 Å². The third-order valence-corrected chi connectivity index (χ3v) is 6.67. The average molecular weight is 350 g/mol. The third-order valence-electron chi connectivity index (χ3n) is 5.23. The highest BCUT2D eigenvalue weighted by molar-refractivity contribution is 7.89. The van der Waals surface area contributed by atoms with E-state index in [2.05, 4.69) is 4.72 Å². The summed E-state index contributed by atoms with van der Waals surface area (Å²) in [6.45, 7) is 2.28. The van der Waals surface area contributed by atoms with Crippen LogP contribution in [0.3, 0.4) is 0 Å². The average Bonchev–Trinajstić information content (AvgIpc) is 3.15. The molecule has 2 aliphatic rings. The molecule has 1 saturated heterocycles. The second-order valence-corrected chi connectivity index (χ2v) is 8.68. The SMILES string of the molecule is O=C(C1CCC(CNS(=O)(=O)c2ccccc2)CC1)N1CCCC1. The number of sulfonamides is 1. The molecule has 1 saturated carbocycles. The van der Waals surface area contributed by atoms with Crippen LogP contribution in [0, 0.1) is 11.8 Å². The van der Waals surface area contributed by atoms with Crippen molar-refractivity contribution in [3.05, 3.63) is 30.3 Å². The first-order chi connectivity index (χ1) is 11.6. The van der Waals surface area contributed by atoms with Crippen LogP contribution >= 0.6 is 0 Å². The van der Waals surface area contributed by atoms with E-state index in [1.807, 2.05) is 4.90 Å². The van der Waals surface area contributed by atoms with Crippen molar-refractivity contribution in [2.24, 2.45) is 11.8 Å². The monoisotopic (exact) mass is 350 g/mol. The maximum absolute atomic E-state index is 12.4. The number of hydrogen-bond donors (Lipinski definition) is 1. The minimum absolute atomic E-state index is 0.144. The number of carbonyl (C=O) groups excluding carboxylic acids is 1. The predicted octanol–water partition coefficient (Wildman–Crippen LogP) is 2.39. The lowest BCUT2D eigenvalue weighted by Gasteiger charge is -2.30. The van der Waals surface area contributed by atoms with Crippen LogP contribution in [0.5, 0.6) is 0 Å². The number of nitrogens with one attached hydrogen (secondary N) is 1. The van der Waals surface area contributed by atoms with Gasteiger partial charge >= 0.3 is 0 Å². The van der Waals surface area contributed by atoms with Crippen LogP contribution in [0.15, 0.2) is 35.2 Å². The molecule has 1 N–H and O–H groups in total. The van der Waals surface area contributed by atoms with E-state index in [1.54, 1.807) is 30.3 Å². The molecule has 1 aliphatic carbocycles. The molecule has 1 amide bonds. The summed E-state index contributed by atoms with van der Waals surface area (Å²) in [6.07, 6.45) is 5.86. The zero-order valence-electron chi connectivity index (χ0n) is 14.0. The Labute approximate surface area is 144 Å². The number of rotatable bonds is 5. The Morgan fingerprint density at radius 2 is 1.67 bits per heavy atom. The Kier molecular flexibility index (Phi) is 5.56. The van der Waals surface area contributed by atoms with Gasteiger partial charge in [-0.1, -0.05) is 18.2 Å². The molecule has 24 heavy (non-hydrogen) atoms. The van der Waals surface area contributed by atoms with Crippen molar-refractivity contribution < 1.29 is 13.2 Å². The summed E-state index contributed by atoms with van der Waals surface area (Å²) in [4.78, 5) is 14.7. The summed E-state index contributed by atoms with van der Waals surface area (Å²) >= 11 is 0. The Hall–Kier alpha value is -1.40. The molecule has 0 spiro atoms. The second kappa shape index (κ2) is 7.66. The largest absolute Gasteiger partial charge is 0.342 e. The lowest BCUT2D eigenvalue weighted by molar-refractivity contribution is -0.135. The van der Waals surface area contributed by atoms with Crippen molar-refractivity contribution in [3.8, 4) is 0 Å². The maximum atomic E-state index is 12.4. The highest BCUT2D eigenvalue weighted by Crippen LogP contribution is 2.30. The molecule has 132 valence electrons. The molecule has 2 fully saturated rings. The topological polar surface area (TPSA) is 66.5 Å². The zero-order valence-corrected chi connectivity index (χ0v) is 14.8. The number of benzene rings is 1. The van der Waals surface area contributed by atoms with Crippen LogP contribution in [0.1, 0.15) is 38.5 Å². The Morgan fingerprint density at radius 1 is 1.04 bits per heavy atom. The van der Waals surface area contributed by atoms with E-state index < -0.39 is 10.0 Å². The van der Waals surface area contributed by atoms with E-state index in [1.165, 1.54) is 0 Å². The second-order valence-electron chi connectivity index (χ2n) is 6.91. The van der Waals surface area contributed by atoms with Gasteiger partial charge in [-0.05, 0) is 56.6 Å². The zero-order chi connectivity index (χ0) is 17.0. The quantitative estimate of drug-likeness (QED) is 0.887. The fourth-order valence-corrected chi connectivity index (χ4v) is 4.86. The lowest BCUT2D eigenvalue weighted by atomic mass is 9.81. The maximum Gasteiger partial charge on any atom is 0.240 e. The standard InChI is InChI=1S/C18H26N2O3S/c21-18(20-12-4-5-13-20)16-10-8-15(9-11-16)14-19-24(22,23)17-6-2-1-3-7-17/h1-3,6-7,15-16,19H,4-5,8-14H2. The van der Waals surface area contributed by atoms with E-state index in [-0.39, 0.29) is 5.92 Å². The van der Waals surface area contributed by atoms with Crippen LogP contribution in [0.2, 0.25) is 0 Å². The Morgan fingerprint density at radius 3 is 2.29 bits per heavy atom. The van der Waals surface area contributed by atoms with Crippen LogP contribution < -0.4 is 4.72 Å². The van der Waals surface area contributed by atoms with Gasteiger partial charge in [-0.25, -0.2) is 13.1 Å². The molecule has 6 heteroatoms. The summed E-state index contributed by atoms with van der Waals surface area (Å²) in [5.74, 6) is 0.784. The lowest BCUT2D eigenvalue weighted by Crippen LogP contribution is -2.37. The molecule has 0 radical (unpaired) electrons. The first kappa shape index (κ1) is 17.4. The number of carbonyl (C=O) groups is 1. The molecule has 0 unspecified atom stereocenters. The van der Waals surface area contributed by atoms with Crippen molar-refractivity contribution in [3.63, 3.8) is 0 Å². The molecule has 1 aromatic rings. The van der Waals surface area contributed by atoms with Gasteiger partial charge in [0.2, 0.25) is 15.9 Å². The fraction of sp³-hybridized carbons (Fsp3) is 0.611. The number of likely N-dealkylation sites (tertiary alicyclic amines) is 1. The van der Waals surface area contributed by atoms with E-state index in [0.717, 1.165) is 51.6 Å². The van der Waals surface area contributed by atoms with Crippen molar-refractivity contribution >= 4 is 15.9 Å². The molecular formula is C18H26N2O3S. The molecule has 0 aromatic heterocycles. The highest BCUT2D eigenvalue weighted by Gasteiger charge is 2.30. The van der Waals surface area contributed by atoms with Crippen molar-refractivity contribution in [2.45, 2.75) is 43.4 Å². The summed E-state index contributed by atoms with van der Waals surface area (Å²) in [5, 5.41) is 0. The van der Waals surface area contributed by atoms with Crippen molar-refractivity contribution in [1.82, 2.24) is 9.62 Å². The van der Waals surface area contributed by atoms with Gasteiger partial charge in [0.1, 0.15) is 0 Å². The van der Waals surface area contributed by atoms with Gasteiger partial charge in [-0.2, -0.15) is 0 Å². The van der Waals surface area contributed by atoms with Crippen LogP contribution in [-0.4, -0.2) is 38.9 Å². The third kappa shape index (κ3) is 4.16. The molecule has 0 bridgehead atoms. The molecule has 1 aromatic carbocycles. The van der Waals surface area contributed by atoms with Gasteiger partial charge in [0, 0.05) is 25.6 Å². The molecular weight excluding hydrogens is 324 g/mol. The van der Waals surface area contributed by atoms with Gasteiger partial charge in [0.25, 0.3) is 0 Å². The number of amides is 1. The van der Waals surface area contributed by atoms with E-state index >= 15 is 0 Å². The highest BCUT2D eigenvalue weighted by atomic mass is 32.2. The van der Waals surface area contributed by atoms with Gasteiger partial charge < -0.3 is 4.90 Å². The van der Waals surface area contributed by atoms with E-state index in [0.29, 0.717) is 23.3 Å². The van der Waals surface area contributed by atoms with Crippen LogP contribution in [0.25, 0.3) is 0 Å². The first-order valence-corrected chi connectivity index (χ1v) is 10.4. The Balaban J connectivity index is 1.46. The minimum atomic E-state index is -3.43. The molecule has 5 nitrogen and oxygen atoms in total. The van der Waals surface area contributed by atoms with Crippen molar-refractivity contribution in [1.29, 1.82) is 0 Å². The minimum Gasteiger partial charge on any atom is -0.342 e. The number of hydrogen-bond acceptors (Lipinski definition) is 3. The molecule has 1 heterocycles. The first-order valence-electron chi connectivity index (χ1n) is 8.90. The van der Waals surface area contributed by atoms with E-state index in [4.69, 9.17) is 0 Å². The summed E-state index contributed by atoms with van der Waals surface area (Å²) < 4.78 is 27.2. The van der Waals surface area contributed by atoms with Crippen LogP contribution in [0.4, 0.5) is 0 Å². The van der Waals surface area contributed by atoms with Gasteiger partial charge in [0.05, 0.1) is 4.90 Å². The molecule has 1 aliphatic heterocycles. The fourth-order valence-electron chi connectivity index (χ4n) is 3.72. The van der Waals surface area contributed by atoms with Gasteiger partial charge in [-0.3, -0.25) is 4.79 Å². The van der Waals surface area contributed by atoms with Gasteiger partial charge in [-0.15, -0.1) is 0 Å². The smallest absolute Gasteiger partial charge is 0.240 e.